The molecule has 0 heterocycles. The van der Waals surface area contributed by atoms with Gasteiger partial charge in [0.2, 0.25) is 0 Å². The maximum atomic E-state index is 13.6. The molecule has 92 valence electrons. The number of rotatable bonds is 4. The van der Waals surface area contributed by atoms with E-state index >= 15 is 0 Å². The molecule has 0 saturated heterocycles. The maximum Gasteiger partial charge on any atom is 0.374 e. The Labute approximate surface area is 110 Å². The summed E-state index contributed by atoms with van der Waals surface area (Å²) in [5.74, 6) is -1.21. The Morgan fingerprint density at radius 2 is 2.06 bits per heavy atom. The Bertz CT molecular complexity index is 437. The van der Waals surface area contributed by atoms with Crippen molar-refractivity contribution in [3.05, 3.63) is 28.7 Å². The smallest absolute Gasteiger partial charge is 0.347 e. The van der Waals surface area contributed by atoms with Crippen molar-refractivity contribution in [2.24, 2.45) is 0 Å². The molecule has 2 rings (SSSR count). The Balaban J connectivity index is 2.05. The van der Waals surface area contributed by atoms with E-state index in [1.807, 2.05) is 0 Å². The zero-order valence-corrected chi connectivity index (χ0v) is 11.2. The summed E-state index contributed by atoms with van der Waals surface area (Å²) < 4.78 is 27.8. The third-order valence-corrected chi connectivity index (χ3v) is 4.22. The predicted molar refractivity (Wildman–Crippen MR) is 66.1 cm³/mol. The molecule has 17 heavy (non-hydrogen) atoms. The first-order valence-electron chi connectivity index (χ1n) is 5.11. The molecule has 1 saturated carbocycles. The van der Waals surface area contributed by atoms with Gasteiger partial charge in [0.25, 0.3) is 0 Å². The molecule has 1 fully saturated rings. The van der Waals surface area contributed by atoms with Crippen LogP contribution in [0, 0.1) is 0 Å². The van der Waals surface area contributed by atoms with Crippen LogP contribution >= 0.6 is 27.7 Å². The summed E-state index contributed by atoms with van der Waals surface area (Å²) in [5, 5.41) is -1.13. The molecule has 1 N–H and O–H groups in total. The fourth-order valence-electron chi connectivity index (χ4n) is 1.21. The third-order valence-electron chi connectivity index (χ3n) is 2.25. The predicted octanol–water partition coefficient (Wildman–Crippen LogP) is 3.41. The van der Waals surface area contributed by atoms with Gasteiger partial charge in [-0.15, -0.1) is 0 Å². The maximum absolute atomic E-state index is 13.6. The second-order valence-corrected chi connectivity index (χ2v) is 5.81. The molecule has 0 spiro atoms. The van der Waals surface area contributed by atoms with Crippen LogP contribution in [0.25, 0.3) is 0 Å². The van der Waals surface area contributed by atoms with E-state index in [2.05, 4.69) is 21.2 Å². The lowest BCUT2D eigenvalue weighted by Crippen LogP contribution is -2.38. The summed E-state index contributed by atoms with van der Waals surface area (Å²) >= 11 is 3.43. The van der Waals surface area contributed by atoms with Crippen LogP contribution in [0.15, 0.2) is 33.6 Å². The Morgan fingerprint density at radius 1 is 1.41 bits per heavy atom. The van der Waals surface area contributed by atoms with E-state index in [0.29, 0.717) is 9.37 Å². The summed E-state index contributed by atoms with van der Waals surface area (Å²) in [6.45, 7) is 0. The van der Waals surface area contributed by atoms with Crippen molar-refractivity contribution in [3.63, 3.8) is 0 Å². The second-order valence-electron chi connectivity index (χ2n) is 3.80. The molecule has 0 atom stereocenters. The highest BCUT2D eigenvalue weighted by Gasteiger charge is 2.42. The van der Waals surface area contributed by atoms with Crippen molar-refractivity contribution in [2.45, 2.75) is 29.0 Å². The van der Waals surface area contributed by atoms with Crippen molar-refractivity contribution in [1.29, 1.82) is 0 Å². The van der Waals surface area contributed by atoms with Crippen LogP contribution in [0.2, 0.25) is 0 Å². The van der Waals surface area contributed by atoms with E-state index in [4.69, 9.17) is 0 Å². The summed E-state index contributed by atoms with van der Waals surface area (Å²) in [6, 6.07) is 6.54. The summed E-state index contributed by atoms with van der Waals surface area (Å²) in [4.78, 5) is 11.7. The van der Waals surface area contributed by atoms with Crippen molar-refractivity contribution in [2.75, 3.05) is 0 Å². The largest absolute Gasteiger partial charge is 0.374 e. The zero-order chi connectivity index (χ0) is 12.5. The van der Waals surface area contributed by atoms with Gasteiger partial charge in [-0.1, -0.05) is 12.1 Å². The fourth-order valence-corrected chi connectivity index (χ4v) is 2.48. The molecule has 0 unspecified atom stereocenters. The number of nitrogens with one attached hydrogen (secondary N) is 1. The minimum Gasteiger partial charge on any atom is -0.347 e. The van der Waals surface area contributed by atoms with E-state index < -0.39 is 11.2 Å². The summed E-state index contributed by atoms with van der Waals surface area (Å²) in [6.07, 6.45) is 1.59. The van der Waals surface area contributed by atoms with Gasteiger partial charge < -0.3 is 5.32 Å². The molecule has 1 aromatic carbocycles. The van der Waals surface area contributed by atoms with E-state index in [1.165, 1.54) is 0 Å². The number of thioether (sulfide) groups is 1. The van der Waals surface area contributed by atoms with Gasteiger partial charge in [-0.2, -0.15) is 8.78 Å². The van der Waals surface area contributed by atoms with Crippen LogP contribution < -0.4 is 5.32 Å². The van der Waals surface area contributed by atoms with Gasteiger partial charge in [-0.05, 0) is 52.7 Å². The molecule has 0 aliphatic heterocycles. The average molecular weight is 322 g/mol. The molecular weight excluding hydrogens is 312 g/mol. The highest BCUT2D eigenvalue weighted by molar-refractivity contribution is 9.10. The minimum atomic E-state index is -3.44. The summed E-state index contributed by atoms with van der Waals surface area (Å²) in [7, 11) is 0. The van der Waals surface area contributed by atoms with Crippen LogP contribution in [0.3, 0.4) is 0 Å². The van der Waals surface area contributed by atoms with E-state index in [0.717, 1.165) is 12.8 Å². The average Bonchev–Trinajstić information content (AvgIpc) is 3.05. The lowest BCUT2D eigenvalue weighted by Gasteiger charge is -2.15. The monoisotopic (exact) mass is 321 g/mol. The van der Waals surface area contributed by atoms with Gasteiger partial charge in [-0.3, -0.25) is 4.79 Å². The van der Waals surface area contributed by atoms with Gasteiger partial charge in [0.15, 0.2) is 0 Å². The van der Waals surface area contributed by atoms with Crippen molar-refractivity contribution in [3.8, 4) is 0 Å². The molecule has 1 aliphatic rings. The lowest BCUT2D eigenvalue weighted by molar-refractivity contribution is -0.135. The number of amides is 1. The number of carbonyl (C=O) groups excluding carboxylic acids is 1. The van der Waals surface area contributed by atoms with E-state index in [9.17, 15) is 13.6 Å². The van der Waals surface area contributed by atoms with Crippen LogP contribution in [0.4, 0.5) is 8.78 Å². The second kappa shape index (κ2) is 4.94. The van der Waals surface area contributed by atoms with Crippen LogP contribution in [-0.2, 0) is 4.79 Å². The van der Waals surface area contributed by atoms with Crippen molar-refractivity contribution in [1.82, 2.24) is 5.32 Å². The Morgan fingerprint density at radius 3 is 2.65 bits per heavy atom. The summed E-state index contributed by atoms with van der Waals surface area (Å²) in [5.41, 5.74) is 0. The minimum absolute atomic E-state index is 0.0619. The normalized spacial score (nSPS) is 15.7. The molecule has 0 radical (unpaired) electrons. The molecule has 0 bridgehead atoms. The molecule has 2 nitrogen and oxygen atoms in total. The topological polar surface area (TPSA) is 29.1 Å². The number of alkyl halides is 2. The van der Waals surface area contributed by atoms with Crippen molar-refractivity contribution >= 4 is 33.6 Å². The quantitative estimate of drug-likeness (QED) is 0.861. The molecule has 1 aliphatic carbocycles. The van der Waals surface area contributed by atoms with Gasteiger partial charge in [-0.25, -0.2) is 0 Å². The molecule has 6 heteroatoms. The van der Waals surface area contributed by atoms with E-state index in [1.54, 1.807) is 24.3 Å². The first-order chi connectivity index (χ1) is 7.99. The highest BCUT2D eigenvalue weighted by Crippen LogP contribution is 2.40. The highest BCUT2D eigenvalue weighted by atomic mass is 79.9. The van der Waals surface area contributed by atoms with Gasteiger partial charge in [0.05, 0.1) is 0 Å². The number of hydrogen-bond donors (Lipinski definition) is 1. The first kappa shape index (κ1) is 12.8. The number of halogens is 3. The van der Waals surface area contributed by atoms with Crippen LogP contribution in [0.1, 0.15) is 12.8 Å². The SMILES string of the molecule is O=C(NC1CC1)C(F)(F)Sc1ccccc1Br. The van der Waals surface area contributed by atoms with Gasteiger partial charge in [0.1, 0.15) is 0 Å². The molecule has 0 aromatic heterocycles. The lowest BCUT2D eigenvalue weighted by atomic mass is 10.4. The van der Waals surface area contributed by atoms with Crippen molar-refractivity contribution < 1.29 is 13.6 Å². The Kier molecular flexibility index (Phi) is 3.73. The standard InChI is InChI=1S/C11H10BrF2NOS/c12-8-3-1-2-4-9(8)17-11(13,14)10(16)15-7-5-6-7/h1-4,7H,5-6H2,(H,15,16). The molecular formula is C11H10BrF2NOS. The van der Waals surface area contributed by atoms with Gasteiger partial charge >= 0.3 is 11.2 Å². The number of hydrogen-bond acceptors (Lipinski definition) is 2. The molecule has 1 aromatic rings. The van der Waals surface area contributed by atoms with E-state index in [-0.39, 0.29) is 17.8 Å². The number of carbonyl (C=O) groups is 1. The van der Waals surface area contributed by atoms with Crippen LogP contribution in [-0.4, -0.2) is 17.2 Å². The van der Waals surface area contributed by atoms with Crippen LogP contribution in [0.5, 0.6) is 0 Å². The number of benzene rings is 1. The Hall–Kier alpha value is -0.620. The van der Waals surface area contributed by atoms with Gasteiger partial charge in [0, 0.05) is 15.4 Å². The zero-order valence-electron chi connectivity index (χ0n) is 8.75. The fraction of sp³-hybridized carbons (Fsp3) is 0.364. The first-order valence-corrected chi connectivity index (χ1v) is 6.72. The third kappa shape index (κ3) is 3.42. The molecule has 1 amide bonds.